The smallest absolute Gasteiger partial charge is 0.0501 e. The monoisotopic (exact) mass is 342 g/mol. The van der Waals surface area contributed by atoms with E-state index in [1.54, 1.807) is 0 Å². The van der Waals surface area contributed by atoms with Crippen molar-refractivity contribution < 1.29 is 0 Å². The topological polar surface area (TPSA) is 0 Å². The third-order valence-corrected chi connectivity index (χ3v) is 4.14. The number of rotatable bonds is 2. The van der Waals surface area contributed by atoms with Crippen molar-refractivity contribution in [2.75, 3.05) is 0 Å². The van der Waals surface area contributed by atoms with E-state index in [9.17, 15) is 0 Å². The van der Waals surface area contributed by atoms with Crippen LogP contribution >= 0.6 is 27.5 Å². The second-order valence-corrected chi connectivity index (χ2v) is 5.81. The molecule has 0 spiro atoms. The summed E-state index contributed by atoms with van der Waals surface area (Å²) < 4.78 is 1.01. The Labute approximate surface area is 132 Å². The van der Waals surface area contributed by atoms with Gasteiger partial charge in [0.15, 0.2) is 0 Å². The van der Waals surface area contributed by atoms with E-state index in [1.807, 2.05) is 42.5 Å². The lowest BCUT2D eigenvalue weighted by molar-refractivity contribution is 1.56. The van der Waals surface area contributed by atoms with Crippen LogP contribution < -0.4 is 0 Å². The van der Waals surface area contributed by atoms with Gasteiger partial charge in [-0.1, -0.05) is 88.2 Å². The zero-order valence-corrected chi connectivity index (χ0v) is 13.0. The van der Waals surface area contributed by atoms with E-state index in [1.165, 1.54) is 0 Å². The number of benzene rings is 3. The Morgan fingerprint density at radius 1 is 0.650 bits per heavy atom. The van der Waals surface area contributed by atoms with Crippen LogP contribution in [-0.4, -0.2) is 0 Å². The molecule has 0 bridgehead atoms. The van der Waals surface area contributed by atoms with Crippen molar-refractivity contribution in [2.45, 2.75) is 0 Å². The highest BCUT2D eigenvalue weighted by Gasteiger charge is 2.10. The Kier molecular flexibility index (Phi) is 3.90. The molecule has 0 heterocycles. The van der Waals surface area contributed by atoms with Gasteiger partial charge in [-0.25, -0.2) is 0 Å². The molecule has 0 aliphatic carbocycles. The summed E-state index contributed by atoms with van der Waals surface area (Å²) in [5.41, 5.74) is 4.42. The number of hydrogen-bond donors (Lipinski definition) is 0. The third kappa shape index (κ3) is 2.65. The lowest BCUT2D eigenvalue weighted by atomic mass is 10.0. The molecular formula is C18H12BrCl. The minimum absolute atomic E-state index is 0.754. The Balaban J connectivity index is 2.13. The molecule has 3 aromatic carbocycles. The Hall–Kier alpha value is -1.57. The first-order chi connectivity index (χ1) is 9.75. The van der Waals surface area contributed by atoms with Gasteiger partial charge in [-0.05, 0) is 28.8 Å². The van der Waals surface area contributed by atoms with Crippen molar-refractivity contribution in [3.8, 4) is 22.3 Å². The van der Waals surface area contributed by atoms with Crippen LogP contribution in [0.3, 0.4) is 0 Å². The zero-order chi connectivity index (χ0) is 13.9. The number of hydrogen-bond acceptors (Lipinski definition) is 0. The fraction of sp³-hybridized carbons (Fsp3) is 0. The quantitative estimate of drug-likeness (QED) is 0.502. The highest BCUT2D eigenvalue weighted by atomic mass is 79.9. The Morgan fingerprint density at radius 2 is 1.20 bits per heavy atom. The molecule has 0 aromatic heterocycles. The molecule has 0 unspecified atom stereocenters. The van der Waals surface area contributed by atoms with Gasteiger partial charge in [-0.15, -0.1) is 0 Å². The largest absolute Gasteiger partial charge is 0.0836 e. The molecule has 0 fully saturated rings. The van der Waals surface area contributed by atoms with E-state index in [0.29, 0.717) is 0 Å². The zero-order valence-electron chi connectivity index (χ0n) is 10.7. The molecular weight excluding hydrogens is 332 g/mol. The molecule has 0 atom stereocenters. The average molecular weight is 344 g/mol. The van der Waals surface area contributed by atoms with E-state index in [-0.39, 0.29) is 0 Å². The standard InChI is InChI=1S/C18H12BrCl/c19-16-11-15(13-7-3-1-4-8-13)12-17(20)18(16)14-9-5-2-6-10-14/h1-12H. The first kappa shape index (κ1) is 13.4. The molecule has 0 radical (unpaired) electrons. The summed E-state index contributed by atoms with van der Waals surface area (Å²) in [5.74, 6) is 0. The molecule has 2 heteroatoms. The lowest BCUT2D eigenvalue weighted by Gasteiger charge is -2.11. The van der Waals surface area contributed by atoms with Gasteiger partial charge in [-0.2, -0.15) is 0 Å². The van der Waals surface area contributed by atoms with Crippen LogP contribution in [0.5, 0.6) is 0 Å². The van der Waals surface area contributed by atoms with Crippen molar-refractivity contribution >= 4 is 27.5 Å². The number of halogens is 2. The summed E-state index contributed by atoms with van der Waals surface area (Å²) in [4.78, 5) is 0. The summed E-state index contributed by atoms with van der Waals surface area (Å²) in [7, 11) is 0. The normalized spacial score (nSPS) is 10.5. The molecule has 0 saturated heterocycles. The molecule has 3 rings (SSSR count). The molecule has 98 valence electrons. The summed E-state index contributed by atoms with van der Waals surface area (Å²) in [5, 5.41) is 0.754. The predicted molar refractivity (Wildman–Crippen MR) is 90.0 cm³/mol. The highest BCUT2D eigenvalue weighted by Crippen LogP contribution is 2.38. The van der Waals surface area contributed by atoms with Gasteiger partial charge >= 0.3 is 0 Å². The van der Waals surface area contributed by atoms with E-state index >= 15 is 0 Å². The Bertz CT molecular complexity index is 698. The van der Waals surface area contributed by atoms with Gasteiger partial charge in [0, 0.05) is 10.0 Å². The Morgan fingerprint density at radius 3 is 1.75 bits per heavy atom. The molecule has 3 aromatic rings. The fourth-order valence-corrected chi connectivity index (χ4v) is 3.38. The molecule has 0 amide bonds. The SMILES string of the molecule is Clc1cc(-c2ccccc2)cc(Br)c1-c1ccccc1. The van der Waals surface area contributed by atoms with Crippen LogP contribution in [0.1, 0.15) is 0 Å². The molecule has 0 aliphatic heterocycles. The minimum Gasteiger partial charge on any atom is -0.0836 e. The van der Waals surface area contributed by atoms with Crippen molar-refractivity contribution in [2.24, 2.45) is 0 Å². The van der Waals surface area contributed by atoms with Gasteiger partial charge in [0.05, 0.1) is 5.02 Å². The van der Waals surface area contributed by atoms with Crippen LogP contribution in [0, 0.1) is 0 Å². The van der Waals surface area contributed by atoms with Crippen LogP contribution in [0.4, 0.5) is 0 Å². The third-order valence-electron chi connectivity index (χ3n) is 3.21. The molecule has 0 saturated carbocycles. The summed E-state index contributed by atoms with van der Waals surface area (Å²) >= 11 is 10.1. The average Bonchev–Trinajstić information content (AvgIpc) is 2.48. The molecule has 20 heavy (non-hydrogen) atoms. The van der Waals surface area contributed by atoms with Gasteiger partial charge < -0.3 is 0 Å². The lowest BCUT2D eigenvalue weighted by Crippen LogP contribution is -1.85. The maximum Gasteiger partial charge on any atom is 0.0501 e. The molecule has 0 nitrogen and oxygen atoms in total. The second kappa shape index (κ2) is 5.82. The van der Waals surface area contributed by atoms with Crippen LogP contribution in [-0.2, 0) is 0 Å². The van der Waals surface area contributed by atoms with Crippen LogP contribution in [0.25, 0.3) is 22.3 Å². The first-order valence-corrected chi connectivity index (χ1v) is 7.52. The van der Waals surface area contributed by atoms with Crippen molar-refractivity contribution in [3.63, 3.8) is 0 Å². The summed E-state index contributed by atoms with van der Waals surface area (Å²) in [6, 6.07) is 24.5. The van der Waals surface area contributed by atoms with Crippen molar-refractivity contribution in [3.05, 3.63) is 82.3 Å². The maximum absolute atomic E-state index is 6.49. The fourth-order valence-electron chi connectivity index (χ4n) is 2.25. The second-order valence-electron chi connectivity index (χ2n) is 4.55. The summed E-state index contributed by atoms with van der Waals surface area (Å²) in [6.45, 7) is 0. The minimum atomic E-state index is 0.754. The van der Waals surface area contributed by atoms with Crippen molar-refractivity contribution in [1.29, 1.82) is 0 Å². The highest BCUT2D eigenvalue weighted by molar-refractivity contribution is 9.10. The predicted octanol–water partition coefficient (Wildman–Crippen LogP) is 6.44. The summed E-state index contributed by atoms with van der Waals surface area (Å²) in [6.07, 6.45) is 0. The van der Waals surface area contributed by atoms with E-state index in [4.69, 9.17) is 11.6 Å². The van der Waals surface area contributed by atoms with Gasteiger partial charge in [0.2, 0.25) is 0 Å². The maximum atomic E-state index is 6.49. The van der Waals surface area contributed by atoms with Crippen LogP contribution in [0.15, 0.2) is 77.3 Å². The first-order valence-electron chi connectivity index (χ1n) is 6.35. The van der Waals surface area contributed by atoms with Crippen LogP contribution in [0.2, 0.25) is 5.02 Å². The van der Waals surface area contributed by atoms with Gasteiger partial charge in [0.1, 0.15) is 0 Å². The van der Waals surface area contributed by atoms with E-state index in [2.05, 4.69) is 46.3 Å². The van der Waals surface area contributed by atoms with E-state index in [0.717, 1.165) is 31.7 Å². The van der Waals surface area contributed by atoms with E-state index < -0.39 is 0 Å². The van der Waals surface area contributed by atoms with Crippen molar-refractivity contribution in [1.82, 2.24) is 0 Å². The van der Waals surface area contributed by atoms with Gasteiger partial charge in [-0.3, -0.25) is 0 Å². The van der Waals surface area contributed by atoms with Gasteiger partial charge in [0.25, 0.3) is 0 Å². The molecule has 0 N–H and O–H groups in total. The molecule has 0 aliphatic rings.